The third kappa shape index (κ3) is 4.64. The lowest BCUT2D eigenvalue weighted by Crippen LogP contribution is -2.20. The van der Waals surface area contributed by atoms with Gasteiger partial charge in [-0.15, -0.1) is 0 Å². The van der Waals surface area contributed by atoms with Gasteiger partial charge in [0.05, 0.1) is 23.0 Å². The van der Waals surface area contributed by atoms with Crippen LogP contribution in [0.3, 0.4) is 0 Å². The second-order valence-corrected chi connectivity index (χ2v) is 4.73. The standard InChI is InChI=1S/C15H13N3O7/c1-24-11-3-5-12(6-4-11)25-9-15(19)16-13-7-2-10(17(20)21)8-14(13)18(22)23/h2-8H,9H2,1H3,(H,16,19). The first-order valence-electron chi connectivity index (χ1n) is 6.90. The number of ether oxygens (including phenoxy) is 2. The largest absolute Gasteiger partial charge is 0.497 e. The number of amides is 1. The van der Waals surface area contributed by atoms with Crippen LogP contribution >= 0.6 is 0 Å². The summed E-state index contributed by atoms with van der Waals surface area (Å²) in [6.07, 6.45) is 0. The molecule has 10 heteroatoms. The molecule has 0 bridgehead atoms. The normalized spacial score (nSPS) is 9.96. The van der Waals surface area contributed by atoms with Gasteiger partial charge in [-0.25, -0.2) is 0 Å². The fourth-order valence-electron chi connectivity index (χ4n) is 1.90. The van der Waals surface area contributed by atoms with E-state index >= 15 is 0 Å². The molecule has 0 aliphatic carbocycles. The monoisotopic (exact) mass is 347 g/mol. The molecule has 1 amide bonds. The van der Waals surface area contributed by atoms with E-state index in [-0.39, 0.29) is 12.3 Å². The average molecular weight is 347 g/mol. The lowest BCUT2D eigenvalue weighted by molar-refractivity contribution is -0.393. The second kappa shape index (κ2) is 7.73. The van der Waals surface area contributed by atoms with Gasteiger partial charge in [0.25, 0.3) is 17.3 Å². The molecule has 0 aromatic heterocycles. The molecular formula is C15H13N3O7. The van der Waals surface area contributed by atoms with E-state index in [1.165, 1.54) is 7.11 Å². The molecule has 10 nitrogen and oxygen atoms in total. The third-order valence-corrected chi connectivity index (χ3v) is 3.09. The van der Waals surface area contributed by atoms with E-state index < -0.39 is 27.1 Å². The van der Waals surface area contributed by atoms with E-state index in [2.05, 4.69) is 5.32 Å². The number of nitro benzene ring substituents is 2. The SMILES string of the molecule is COc1ccc(OCC(=O)Nc2ccc([N+](=O)[O-])cc2[N+](=O)[O-])cc1. The molecule has 0 unspecified atom stereocenters. The number of non-ortho nitro benzene ring substituents is 1. The number of hydrogen-bond donors (Lipinski definition) is 1. The Bertz CT molecular complexity index is 805. The maximum atomic E-state index is 11.9. The maximum absolute atomic E-state index is 11.9. The second-order valence-electron chi connectivity index (χ2n) is 4.73. The van der Waals surface area contributed by atoms with E-state index in [0.717, 1.165) is 18.2 Å². The van der Waals surface area contributed by atoms with Gasteiger partial charge in [0.15, 0.2) is 6.61 Å². The highest BCUT2D eigenvalue weighted by molar-refractivity contribution is 5.94. The van der Waals surface area contributed by atoms with E-state index in [9.17, 15) is 25.0 Å². The number of nitrogens with zero attached hydrogens (tertiary/aromatic N) is 2. The summed E-state index contributed by atoms with van der Waals surface area (Å²) >= 11 is 0. The van der Waals surface area contributed by atoms with E-state index in [0.29, 0.717) is 11.5 Å². The van der Waals surface area contributed by atoms with Gasteiger partial charge >= 0.3 is 0 Å². The molecule has 0 saturated heterocycles. The van der Waals surface area contributed by atoms with Crippen molar-refractivity contribution >= 4 is 23.0 Å². The molecule has 1 N–H and O–H groups in total. The van der Waals surface area contributed by atoms with Crippen molar-refractivity contribution in [1.82, 2.24) is 0 Å². The number of carbonyl (C=O) groups is 1. The molecule has 2 aromatic rings. The van der Waals surface area contributed by atoms with Crippen LogP contribution in [-0.4, -0.2) is 29.5 Å². The van der Waals surface area contributed by atoms with Crippen molar-refractivity contribution in [2.75, 3.05) is 19.0 Å². The summed E-state index contributed by atoms with van der Waals surface area (Å²) in [6.45, 7) is -0.388. The molecule has 130 valence electrons. The zero-order valence-electron chi connectivity index (χ0n) is 13.0. The van der Waals surface area contributed by atoms with Gasteiger partial charge in [-0.1, -0.05) is 0 Å². The van der Waals surface area contributed by atoms with Crippen LogP contribution < -0.4 is 14.8 Å². The molecule has 0 heterocycles. The Hall–Kier alpha value is -3.69. The fraction of sp³-hybridized carbons (Fsp3) is 0.133. The highest BCUT2D eigenvalue weighted by atomic mass is 16.6. The molecule has 0 aliphatic heterocycles. The first-order chi connectivity index (χ1) is 11.9. The molecular weight excluding hydrogens is 334 g/mol. The van der Waals surface area contributed by atoms with Crippen molar-refractivity contribution < 1.29 is 24.1 Å². The molecule has 2 rings (SSSR count). The first kappa shape index (κ1) is 17.7. The van der Waals surface area contributed by atoms with Crippen LogP contribution in [0.5, 0.6) is 11.5 Å². The van der Waals surface area contributed by atoms with Gasteiger partial charge in [-0.3, -0.25) is 25.0 Å². The number of nitrogens with one attached hydrogen (secondary N) is 1. The van der Waals surface area contributed by atoms with Crippen LogP contribution in [0.25, 0.3) is 0 Å². The maximum Gasteiger partial charge on any atom is 0.299 e. The Kier molecular flexibility index (Phi) is 5.46. The van der Waals surface area contributed by atoms with E-state index in [1.807, 2.05) is 0 Å². The molecule has 0 spiro atoms. The Labute approximate surface area is 141 Å². The minimum absolute atomic E-state index is 0.154. The Balaban J connectivity index is 2.04. The van der Waals surface area contributed by atoms with Gasteiger partial charge in [-0.05, 0) is 30.3 Å². The number of rotatable bonds is 7. The predicted molar refractivity (Wildman–Crippen MR) is 86.9 cm³/mol. The number of methoxy groups -OCH3 is 1. The fourth-order valence-corrected chi connectivity index (χ4v) is 1.90. The van der Waals surface area contributed by atoms with Crippen molar-refractivity contribution in [2.45, 2.75) is 0 Å². The van der Waals surface area contributed by atoms with Crippen LogP contribution in [0.4, 0.5) is 17.1 Å². The highest BCUT2D eigenvalue weighted by Crippen LogP contribution is 2.28. The highest BCUT2D eigenvalue weighted by Gasteiger charge is 2.20. The van der Waals surface area contributed by atoms with Crippen molar-refractivity contribution in [2.24, 2.45) is 0 Å². The number of carbonyl (C=O) groups excluding carboxylic acids is 1. The summed E-state index contributed by atoms with van der Waals surface area (Å²) in [7, 11) is 1.51. The number of benzene rings is 2. The van der Waals surface area contributed by atoms with Crippen molar-refractivity contribution in [3.8, 4) is 11.5 Å². The number of nitro groups is 2. The molecule has 25 heavy (non-hydrogen) atoms. The van der Waals surface area contributed by atoms with Gasteiger partial charge in [0.2, 0.25) is 0 Å². The van der Waals surface area contributed by atoms with Crippen LogP contribution in [0, 0.1) is 20.2 Å². The van der Waals surface area contributed by atoms with Gasteiger partial charge in [-0.2, -0.15) is 0 Å². The van der Waals surface area contributed by atoms with Gasteiger partial charge < -0.3 is 14.8 Å². The molecule has 0 radical (unpaired) electrons. The molecule has 0 fully saturated rings. The summed E-state index contributed by atoms with van der Waals surface area (Å²) in [4.78, 5) is 32.0. The first-order valence-corrected chi connectivity index (χ1v) is 6.90. The minimum atomic E-state index is -0.813. The average Bonchev–Trinajstić information content (AvgIpc) is 2.60. The van der Waals surface area contributed by atoms with Crippen molar-refractivity contribution in [3.63, 3.8) is 0 Å². The van der Waals surface area contributed by atoms with Crippen LogP contribution in [0.2, 0.25) is 0 Å². The summed E-state index contributed by atoms with van der Waals surface area (Å²) in [6, 6.07) is 9.43. The summed E-state index contributed by atoms with van der Waals surface area (Å²) in [5.74, 6) is 0.389. The van der Waals surface area contributed by atoms with Crippen LogP contribution in [0.1, 0.15) is 0 Å². The molecule has 2 aromatic carbocycles. The summed E-state index contributed by atoms with van der Waals surface area (Å²) in [5, 5.41) is 24.0. The Morgan fingerprint density at radius 2 is 1.68 bits per heavy atom. The van der Waals surface area contributed by atoms with Gasteiger partial charge in [0.1, 0.15) is 17.2 Å². The van der Waals surface area contributed by atoms with Gasteiger partial charge in [0, 0.05) is 6.07 Å². The number of hydrogen-bond acceptors (Lipinski definition) is 7. The Morgan fingerprint density at radius 3 is 2.24 bits per heavy atom. The topological polar surface area (TPSA) is 134 Å². The van der Waals surface area contributed by atoms with Crippen LogP contribution in [-0.2, 0) is 4.79 Å². The quantitative estimate of drug-likeness (QED) is 0.600. The van der Waals surface area contributed by atoms with Crippen molar-refractivity contribution in [1.29, 1.82) is 0 Å². The molecule has 0 saturated carbocycles. The zero-order valence-corrected chi connectivity index (χ0v) is 13.0. The minimum Gasteiger partial charge on any atom is -0.497 e. The van der Waals surface area contributed by atoms with E-state index in [1.54, 1.807) is 24.3 Å². The predicted octanol–water partition coefficient (Wildman–Crippen LogP) is 2.53. The lowest BCUT2D eigenvalue weighted by Gasteiger charge is -2.08. The number of anilines is 1. The third-order valence-electron chi connectivity index (χ3n) is 3.09. The summed E-state index contributed by atoms with van der Waals surface area (Å²) < 4.78 is 10.2. The molecule has 0 aliphatic rings. The zero-order chi connectivity index (χ0) is 18.4. The smallest absolute Gasteiger partial charge is 0.299 e. The summed E-state index contributed by atoms with van der Waals surface area (Å²) in [5.41, 5.74) is -1.18. The van der Waals surface area contributed by atoms with Crippen molar-refractivity contribution in [3.05, 3.63) is 62.7 Å². The molecule has 0 atom stereocenters. The lowest BCUT2D eigenvalue weighted by atomic mass is 10.2. The van der Waals surface area contributed by atoms with Crippen LogP contribution in [0.15, 0.2) is 42.5 Å². The Morgan fingerprint density at radius 1 is 1.04 bits per heavy atom. The van der Waals surface area contributed by atoms with E-state index in [4.69, 9.17) is 9.47 Å².